The maximum Gasteiger partial charge on any atom is 0.339 e. The van der Waals surface area contributed by atoms with E-state index in [1.54, 1.807) is 24.3 Å². The average molecular weight is 496 g/mol. The van der Waals surface area contributed by atoms with Gasteiger partial charge in [-0.2, -0.15) is 13.7 Å². The van der Waals surface area contributed by atoms with Gasteiger partial charge < -0.3 is 14.8 Å². The maximum atomic E-state index is 12.5. The largest absolute Gasteiger partial charge is 0.379 e. The number of carbonyl (C=O) groups is 2. The third kappa shape index (κ3) is 6.68. The maximum absolute atomic E-state index is 12.5. The summed E-state index contributed by atoms with van der Waals surface area (Å²) < 4.78 is 30.1. The summed E-state index contributed by atoms with van der Waals surface area (Å²) in [6.45, 7) is 1.35. The molecule has 0 aromatic heterocycles. The van der Waals surface area contributed by atoms with Crippen LogP contribution < -0.4 is 14.8 Å². The summed E-state index contributed by atoms with van der Waals surface area (Å²) in [5.74, 6) is -0.828. The molecule has 0 unspecified atom stereocenters. The van der Waals surface area contributed by atoms with E-state index >= 15 is 0 Å². The van der Waals surface area contributed by atoms with Gasteiger partial charge in [-0.05, 0) is 72.3 Å². The number of halogens is 1. The Hall–Kier alpha value is -4.13. The summed E-state index contributed by atoms with van der Waals surface area (Å²) in [7, 11) is -4.10. The van der Waals surface area contributed by atoms with E-state index in [9.17, 15) is 23.3 Å². The van der Waals surface area contributed by atoms with Crippen molar-refractivity contribution < 1.29 is 22.2 Å². The van der Waals surface area contributed by atoms with E-state index in [1.807, 2.05) is 6.07 Å². The minimum absolute atomic E-state index is 0.0483. The fourth-order valence-electron chi connectivity index (χ4n) is 2.75. The summed E-state index contributed by atoms with van der Waals surface area (Å²) in [5.41, 5.74) is 1.29. The smallest absolute Gasteiger partial charge is 0.339 e. The number of hydrogen-bond donors (Lipinski definition) is 2. The van der Waals surface area contributed by atoms with Crippen LogP contribution in [0.2, 0.25) is 5.02 Å². The van der Waals surface area contributed by atoms with Crippen LogP contribution in [0.4, 0.5) is 11.4 Å². The SMILES string of the molecule is CC(=O)Nc1ccc(S(=O)(=O)Oc2ccc(/C=C(\C#N)C(=O)Nc3ccc(Cl)cc3)cc2)cc1. The third-order valence-corrected chi connectivity index (χ3v) is 5.84. The first-order valence-corrected chi connectivity index (χ1v) is 11.6. The Kier molecular flexibility index (Phi) is 7.68. The summed E-state index contributed by atoms with van der Waals surface area (Å²) in [5, 5.41) is 15.0. The van der Waals surface area contributed by atoms with Gasteiger partial charge in [0, 0.05) is 23.3 Å². The van der Waals surface area contributed by atoms with Crippen LogP contribution in [0, 0.1) is 11.3 Å². The molecule has 0 saturated carbocycles. The van der Waals surface area contributed by atoms with Crippen molar-refractivity contribution in [3.05, 3.63) is 89.0 Å². The number of benzene rings is 3. The molecule has 3 aromatic rings. The minimum Gasteiger partial charge on any atom is -0.379 e. The molecule has 0 aliphatic heterocycles. The molecular formula is C24H18ClN3O5S. The van der Waals surface area contributed by atoms with E-state index < -0.39 is 16.0 Å². The highest BCUT2D eigenvalue weighted by molar-refractivity contribution is 7.87. The zero-order chi connectivity index (χ0) is 24.7. The Labute approximate surface area is 201 Å². The fourth-order valence-corrected chi connectivity index (χ4v) is 3.81. The standard InChI is InChI=1S/C24H18ClN3O5S/c1-16(29)27-20-8-12-23(13-9-20)34(31,32)33-22-10-2-17(3-11-22)14-18(15-26)24(30)28-21-6-4-19(25)5-7-21/h2-14H,1H3,(H,27,29)(H,28,30)/b18-14+. The highest BCUT2D eigenvalue weighted by atomic mass is 35.5. The molecule has 0 heterocycles. The minimum atomic E-state index is -4.10. The van der Waals surface area contributed by atoms with Crippen molar-refractivity contribution in [2.75, 3.05) is 10.6 Å². The molecule has 2 amide bonds. The molecule has 3 aromatic carbocycles. The van der Waals surface area contributed by atoms with Crippen LogP contribution in [0.15, 0.2) is 83.3 Å². The van der Waals surface area contributed by atoms with E-state index in [4.69, 9.17) is 15.8 Å². The van der Waals surface area contributed by atoms with Crippen molar-refractivity contribution in [1.82, 2.24) is 0 Å². The number of hydrogen-bond acceptors (Lipinski definition) is 6. The van der Waals surface area contributed by atoms with Gasteiger partial charge in [0.2, 0.25) is 5.91 Å². The van der Waals surface area contributed by atoms with Crippen LogP contribution in [0.1, 0.15) is 12.5 Å². The van der Waals surface area contributed by atoms with Gasteiger partial charge >= 0.3 is 10.1 Å². The van der Waals surface area contributed by atoms with Crippen LogP contribution in [0.5, 0.6) is 5.75 Å². The zero-order valence-electron chi connectivity index (χ0n) is 17.8. The molecule has 0 aliphatic rings. The van der Waals surface area contributed by atoms with Gasteiger partial charge in [-0.25, -0.2) is 0 Å². The molecule has 0 bridgehead atoms. The summed E-state index contributed by atoms with van der Waals surface area (Å²) >= 11 is 5.82. The highest BCUT2D eigenvalue weighted by Gasteiger charge is 2.17. The van der Waals surface area contributed by atoms with Gasteiger partial charge in [0.25, 0.3) is 5.91 Å². The van der Waals surface area contributed by atoms with Crippen molar-refractivity contribution in [2.45, 2.75) is 11.8 Å². The molecule has 10 heteroatoms. The van der Waals surface area contributed by atoms with Crippen molar-refractivity contribution in [1.29, 1.82) is 5.26 Å². The second kappa shape index (κ2) is 10.7. The number of rotatable bonds is 7. The van der Waals surface area contributed by atoms with E-state index in [0.717, 1.165) is 0 Å². The summed E-state index contributed by atoms with van der Waals surface area (Å²) in [6, 6.07) is 19.6. The first kappa shape index (κ1) is 24.5. The molecule has 34 heavy (non-hydrogen) atoms. The van der Waals surface area contributed by atoms with Crippen molar-refractivity contribution in [3.8, 4) is 11.8 Å². The lowest BCUT2D eigenvalue weighted by molar-refractivity contribution is -0.114. The van der Waals surface area contributed by atoms with Crippen LogP contribution in [0.25, 0.3) is 6.08 Å². The van der Waals surface area contributed by atoms with Crippen LogP contribution >= 0.6 is 11.6 Å². The Morgan fingerprint density at radius 2 is 1.47 bits per heavy atom. The normalized spacial score (nSPS) is 11.3. The number of nitrogens with one attached hydrogen (secondary N) is 2. The van der Waals surface area contributed by atoms with E-state index in [-0.39, 0.29) is 22.1 Å². The van der Waals surface area contributed by atoms with E-state index in [2.05, 4.69) is 10.6 Å². The van der Waals surface area contributed by atoms with Gasteiger partial charge in [0.15, 0.2) is 0 Å². The van der Waals surface area contributed by atoms with Crippen molar-refractivity contribution in [3.63, 3.8) is 0 Å². The predicted molar refractivity (Wildman–Crippen MR) is 129 cm³/mol. The van der Waals surface area contributed by atoms with Crippen LogP contribution in [0.3, 0.4) is 0 Å². The molecule has 8 nitrogen and oxygen atoms in total. The molecule has 0 radical (unpaired) electrons. The first-order valence-electron chi connectivity index (χ1n) is 9.77. The van der Waals surface area contributed by atoms with Gasteiger partial charge in [-0.15, -0.1) is 0 Å². The lowest BCUT2D eigenvalue weighted by atomic mass is 10.1. The molecule has 0 aliphatic carbocycles. The molecule has 0 saturated heterocycles. The predicted octanol–water partition coefficient (Wildman–Crippen LogP) is 4.61. The molecule has 0 fully saturated rings. The van der Waals surface area contributed by atoms with Gasteiger partial charge in [0.05, 0.1) is 0 Å². The number of anilines is 2. The quantitative estimate of drug-likeness (QED) is 0.280. The third-order valence-electron chi connectivity index (χ3n) is 4.33. The van der Waals surface area contributed by atoms with Crippen molar-refractivity contribution in [2.24, 2.45) is 0 Å². The number of carbonyl (C=O) groups excluding carboxylic acids is 2. The van der Waals surface area contributed by atoms with E-state index in [0.29, 0.717) is 22.0 Å². The van der Waals surface area contributed by atoms with Crippen LogP contribution in [-0.2, 0) is 19.7 Å². The van der Waals surface area contributed by atoms with Crippen LogP contribution in [-0.4, -0.2) is 20.2 Å². The molecule has 172 valence electrons. The molecule has 0 spiro atoms. The Morgan fingerprint density at radius 3 is 2.03 bits per heavy atom. The highest BCUT2D eigenvalue weighted by Crippen LogP contribution is 2.22. The summed E-state index contributed by atoms with van der Waals surface area (Å²) in [4.78, 5) is 23.4. The molecular weight excluding hydrogens is 478 g/mol. The van der Waals surface area contributed by atoms with Gasteiger partial charge in [-0.1, -0.05) is 23.7 Å². The molecule has 3 rings (SSSR count). The topological polar surface area (TPSA) is 125 Å². The fraction of sp³-hybridized carbons (Fsp3) is 0.0417. The second-order valence-corrected chi connectivity index (χ2v) is 8.93. The van der Waals surface area contributed by atoms with E-state index in [1.165, 1.54) is 61.5 Å². The molecule has 0 atom stereocenters. The molecule has 2 N–H and O–H groups in total. The monoisotopic (exact) mass is 495 g/mol. The number of nitrogens with zero attached hydrogens (tertiary/aromatic N) is 1. The Morgan fingerprint density at radius 1 is 0.912 bits per heavy atom. The second-order valence-electron chi connectivity index (χ2n) is 6.94. The summed E-state index contributed by atoms with van der Waals surface area (Å²) in [6.07, 6.45) is 1.37. The van der Waals surface area contributed by atoms with Gasteiger partial charge in [-0.3, -0.25) is 9.59 Å². The van der Waals surface area contributed by atoms with Gasteiger partial charge in [0.1, 0.15) is 22.3 Å². The lowest BCUT2D eigenvalue weighted by Gasteiger charge is -2.08. The van der Waals surface area contributed by atoms with Crippen molar-refractivity contribution >= 4 is 51.0 Å². The number of amides is 2. The zero-order valence-corrected chi connectivity index (χ0v) is 19.4. The first-order chi connectivity index (χ1) is 16.2. The average Bonchev–Trinajstić information content (AvgIpc) is 2.79. The lowest BCUT2D eigenvalue weighted by Crippen LogP contribution is -2.13. The Balaban J connectivity index is 1.70. The number of nitriles is 1. The Bertz CT molecular complexity index is 1380.